The fourth-order valence-electron chi connectivity index (χ4n) is 4.01. The largest absolute Gasteiger partial charge is 0.493 e. The molecular weight excluding hydrogens is 422 g/mol. The number of hydrogen-bond donors (Lipinski definition) is 1. The quantitative estimate of drug-likeness (QED) is 0.590. The number of carbonyl (C=O) groups excluding carboxylic acids is 1. The summed E-state index contributed by atoms with van der Waals surface area (Å²) in [5, 5.41) is 0. The number of aromatic nitrogens is 4. The third-order valence-corrected chi connectivity index (χ3v) is 5.78. The molecule has 1 atom stereocenters. The standard InChI is InChI=1S/C24H27N5O4/c1-3-19(33-21-7-5-4-6-20(21)32-2)24(31)29-12-8-16(9-13-29)17-14-22(30)28-23(27-17)18-15-25-10-11-26-18/h4-7,10-11,14-16,19H,3,8-9,12-13H2,1-2H3,(H,27,28,30)/t19-/m0/s1. The minimum atomic E-state index is -0.584. The van der Waals surface area contributed by atoms with Crippen LogP contribution in [0.25, 0.3) is 11.5 Å². The molecule has 3 heterocycles. The Labute approximate surface area is 191 Å². The van der Waals surface area contributed by atoms with Gasteiger partial charge in [0, 0.05) is 37.5 Å². The highest BCUT2D eigenvalue weighted by atomic mass is 16.5. The topological polar surface area (TPSA) is 110 Å². The van der Waals surface area contributed by atoms with Crippen molar-refractivity contribution in [3.8, 4) is 23.0 Å². The molecular formula is C24H27N5O4. The predicted molar refractivity (Wildman–Crippen MR) is 122 cm³/mol. The van der Waals surface area contributed by atoms with Gasteiger partial charge in [0.1, 0.15) is 5.69 Å². The number of nitrogens with one attached hydrogen (secondary N) is 1. The Hall–Kier alpha value is -3.75. The Bertz CT molecular complexity index is 1140. The Morgan fingerprint density at radius 3 is 2.64 bits per heavy atom. The second-order valence-electron chi connectivity index (χ2n) is 7.87. The highest BCUT2D eigenvalue weighted by Crippen LogP contribution is 2.30. The molecule has 2 aromatic heterocycles. The van der Waals surface area contributed by atoms with E-state index in [1.165, 1.54) is 6.07 Å². The molecule has 1 N–H and O–H groups in total. The highest BCUT2D eigenvalue weighted by Gasteiger charge is 2.30. The second-order valence-corrected chi connectivity index (χ2v) is 7.87. The first-order chi connectivity index (χ1) is 16.1. The molecule has 9 heteroatoms. The van der Waals surface area contributed by atoms with Gasteiger partial charge < -0.3 is 19.4 Å². The maximum atomic E-state index is 13.1. The first-order valence-electron chi connectivity index (χ1n) is 11.0. The Kier molecular flexibility index (Phi) is 6.97. The van der Waals surface area contributed by atoms with Crippen molar-refractivity contribution in [3.05, 3.63) is 65.0 Å². The summed E-state index contributed by atoms with van der Waals surface area (Å²) in [5.74, 6) is 1.60. The number of para-hydroxylation sites is 2. The van der Waals surface area contributed by atoms with Crippen LogP contribution in [0, 0.1) is 0 Å². The third-order valence-electron chi connectivity index (χ3n) is 5.78. The Morgan fingerprint density at radius 1 is 1.21 bits per heavy atom. The van der Waals surface area contributed by atoms with Gasteiger partial charge in [0.25, 0.3) is 11.5 Å². The number of aromatic amines is 1. The van der Waals surface area contributed by atoms with Gasteiger partial charge in [-0.1, -0.05) is 19.1 Å². The van der Waals surface area contributed by atoms with E-state index in [4.69, 9.17) is 9.47 Å². The van der Waals surface area contributed by atoms with Crippen LogP contribution in [0.2, 0.25) is 0 Å². The number of benzene rings is 1. The summed E-state index contributed by atoms with van der Waals surface area (Å²) in [5.41, 5.74) is 1.00. The number of H-pyrrole nitrogens is 1. The number of nitrogens with zero attached hydrogens (tertiary/aromatic N) is 4. The zero-order valence-electron chi connectivity index (χ0n) is 18.7. The van der Waals surface area contributed by atoms with Gasteiger partial charge in [-0.05, 0) is 31.4 Å². The number of amides is 1. The van der Waals surface area contributed by atoms with Crippen molar-refractivity contribution in [2.75, 3.05) is 20.2 Å². The summed E-state index contributed by atoms with van der Waals surface area (Å²) < 4.78 is 11.3. The van der Waals surface area contributed by atoms with Gasteiger partial charge in [-0.2, -0.15) is 0 Å². The molecule has 1 fully saturated rings. The molecule has 0 spiro atoms. The summed E-state index contributed by atoms with van der Waals surface area (Å²) >= 11 is 0. The molecule has 4 rings (SSSR count). The molecule has 1 amide bonds. The van der Waals surface area contributed by atoms with Crippen molar-refractivity contribution in [1.29, 1.82) is 0 Å². The van der Waals surface area contributed by atoms with Gasteiger partial charge >= 0.3 is 0 Å². The minimum absolute atomic E-state index is 0.0408. The van der Waals surface area contributed by atoms with Crippen molar-refractivity contribution >= 4 is 5.91 Å². The molecule has 3 aromatic rings. The van der Waals surface area contributed by atoms with Gasteiger partial charge in [0.05, 0.1) is 19.0 Å². The fraction of sp³-hybridized carbons (Fsp3) is 0.375. The van der Waals surface area contributed by atoms with E-state index in [0.29, 0.717) is 61.1 Å². The van der Waals surface area contributed by atoms with Crippen molar-refractivity contribution in [2.45, 2.75) is 38.2 Å². The van der Waals surface area contributed by atoms with E-state index < -0.39 is 6.10 Å². The van der Waals surface area contributed by atoms with E-state index in [9.17, 15) is 9.59 Å². The molecule has 1 saturated heterocycles. The normalized spacial score (nSPS) is 15.2. The lowest BCUT2D eigenvalue weighted by atomic mass is 9.93. The van der Waals surface area contributed by atoms with E-state index in [1.54, 1.807) is 31.8 Å². The number of methoxy groups -OCH3 is 1. The monoisotopic (exact) mass is 449 g/mol. The van der Waals surface area contributed by atoms with Crippen LogP contribution in [-0.2, 0) is 4.79 Å². The van der Waals surface area contributed by atoms with Gasteiger partial charge in [-0.25, -0.2) is 9.97 Å². The van der Waals surface area contributed by atoms with Crippen LogP contribution in [0.1, 0.15) is 37.8 Å². The van der Waals surface area contributed by atoms with Crippen LogP contribution in [0.5, 0.6) is 11.5 Å². The Balaban J connectivity index is 1.42. The smallest absolute Gasteiger partial charge is 0.263 e. The van der Waals surface area contributed by atoms with Gasteiger partial charge in [0.2, 0.25) is 0 Å². The molecule has 172 valence electrons. The summed E-state index contributed by atoms with van der Waals surface area (Å²) in [6.07, 6.45) is 6.09. The molecule has 0 saturated carbocycles. The van der Waals surface area contributed by atoms with Crippen LogP contribution < -0.4 is 15.0 Å². The Morgan fingerprint density at radius 2 is 1.97 bits per heavy atom. The van der Waals surface area contributed by atoms with E-state index in [0.717, 1.165) is 0 Å². The first-order valence-corrected chi connectivity index (χ1v) is 11.0. The van der Waals surface area contributed by atoms with Crippen LogP contribution >= 0.6 is 0 Å². The zero-order valence-corrected chi connectivity index (χ0v) is 18.7. The van der Waals surface area contributed by atoms with Crippen molar-refractivity contribution in [3.63, 3.8) is 0 Å². The maximum Gasteiger partial charge on any atom is 0.263 e. The average Bonchev–Trinajstić information content (AvgIpc) is 2.87. The van der Waals surface area contributed by atoms with Crippen LogP contribution in [0.15, 0.2) is 53.7 Å². The van der Waals surface area contributed by atoms with Crippen molar-refractivity contribution in [1.82, 2.24) is 24.8 Å². The van der Waals surface area contributed by atoms with Gasteiger partial charge in [-0.3, -0.25) is 14.6 Å². The van der Waals surface area contributed by atoms with Crippen molar-refractivity contribution < 1.29 is 14.3 Å². The molecule has 33 heavy (non-hydrogen) atoms. The lowest BCUT2D eigenvalue weighted by molar-refractivity contribution is -0.140. The number of piperidine rings is 1. The van der Waals surface area contributed by atoms with Crippen LogP contribution in [-0.4, -0.2) is 57.0 Å². The summed E-state index contributed by atoms with van der Waals surface area (Å²) in [6, 6.07) is 8.85. The number of hydrogen-bond acceptors (Lipinski definition) is 7. The molecule has 1 aromatic carbocycles. The molecule has 0 unspecified atom stereocenters. The maximum absolute atomic E-state index is 13.1. The first kappa shape index (κ1) is 22.4. The SMILES string of the molecule is CC[C@H](Oc1ccccc1OC)C(=O)N1CCC(c2cc(=O)[nH]c(-c3cnccn3)n2)CC1. The summed E-state index contributed by atoms with van der Waals surface area (Å²) in [6.45, 7) is 3.08. The van der Waals surface area contributed by atoms with E-state index in [-0.39, 0.29) is 17.4 Å². The highest BCUT2D eigenvalue weighted by molar-refractivity contribution is 5.81. The number of rotatable bonds is 7. The van der Waals surface area contributed by atoms with E-state index in [1.807, 2.05) is 30.0 Å². The molecule has 0 radical (unpaired) electrons. The number of ether oxygens (including phenoxy) is 2. The second kappa shape index (κ2) is 10.2. The van der Waals surface area contributed by atoms with E-state index in [2.05, 4.69) is 19.9 Å². The zero-order chi connectivity index (χ0) is 23.2. The third kappa shape index (κ3) is 5.19. The molecule has 1 aliphatic rings. The lowest BCUT2D eigenvalue weighted by Gasteiger charge is -2.34. The fourth-order valence-corrected chi connectivity index (χ4v) is 4.01. The number of carbonyl (C=O) groups is 1. The molecule has 9 nitrogen and oxygen atoms in total. The minimum Gasteiger partial charge on any atom is -0.493 e. The van der Waals surface area contributed by atoms with Gasteiger partial charge in [0.15, 0.2) is 23.4 Å². The average molecular weight is 450 g/mol. The van der Waals surface area contributed by atoms with Crippen molar-refractivity contribution in [2.24, 2.45) is 0 Å². The predicted octanol–water partition coefficient (Wildman–Crippen LogP) is 2.80. The summed E-state index contributed by atoms with van der Waals surface area (Å²) in [4.78, 5) is 42.8. The lowest BCUT2D eigenvalue weighted by Crippen LogP contribution is -2.45. The van der Waals surface area contributed by atoms with Gasteiger partial charge in [-0.15, -0.1) is 0 Å². The van der Waals surface area contributed by atoms with Crippen LogP contribution in [0.3, 0.4) is 0 Å². The molecule has 0 bridgehead atoms. The summed E-state index contributed by atoms with van der Waals surface area (Å²) in [7, 11) is 1.58. The van der Waals surface area contributed by atoms with E-state index >= 15 is 0 Å². The number of likely N-dealkylation sites (tertiary alicyclic amines) is 1. The molecule has 0 aliphatic carbocycles. The van der Waals surface area contributed by atoms with Crippen LogP contribution in [0.4, 0.5) is 0 Å². The molecule has 1 aliphatic heterocycles.